The predicted octanol–water partition coefficient (Wildman–Crippen LogP) is 3.58. The maximum Gasteiger partial charge on any atom is 0.121 e. The van der Waals surface area contributed by atoms with Crippen LogP contribution in [0.15, 0.2) is 42.5 Å². The minimum Gasteiger partial charge on any atom is -0.497 e. The van der Waals surface area contributed by atoms with Crippen molar-refractivity contribution in [3.8, 4) is 5.75 Å². The summed E-state index contributed by atoms with van der Waals surface area (Å²) in [6.07, 6.45) is 1.02. The zero-order valence-corrected chi connectivity index (χ0v) is 10.7. The SMILES string of the molecule is CCc1cccc(Nc2ccc(OC)cc2N)c1. The van der Waals surface area contributed by atoms with Gasteiger partial charge in [-0.25, -0.2) is 0 Å². The Morgan fingerprint density at radius 3 is 2.67 bits per heavy atom. The minimum atomic E-state index is 0.677. The van der Waals surface area contributed by atoms with Gasteiger partial charge in [0.1, 0.15) is 5.75 Å². The standard InChI is InChI=1S/C15H18N2O/c1-3-11-5-4-6-12(9-11)17-15-8-7-13(18-2)10-14(15)16/h4-10,17H,3,16H2,1-2H3. The van der Waals surface area contributed by atoms with E-state index in [0.717, 1.165) is 23.5 Å². The fourth-order valence-electron chi connectivity index (χ4n) is 1.81. The summed E-state index contributed by atoms with van der Waals surface area (Å²) in [5, 5.41) is 3.32. The zero-order chi connectivity index (χ0) is 13.0. The molecular weight excluding hydrogens is 224 g/mol. The highest BCUT2D eigenvalue weighted by Gasteiger charge is 2.02. The van der Waals surface area contributed by atoms with Gasteiger partial charge >= 0.3 is 0 Å². The van der Waals surface area contributed by atoms with Crippen LogP contribution in [-0.4, -0.2) is 7.11 Å². The van der Waals surface area contributed by atoms with Crippen molar-refractivity contribution in [1.82, 2.24) is 0 Å². The highest BCUT2D eigenvalue weighted by Crippen LogP contribution is 2.27. The second kappa shape index (κ2) is 5.45. The Hall–Kier alpha value is -2.16. The minimum absolute atomic E-state index is 0.677. The molecule has 18 heavy (non-hydrogen) atoms. The Morgan fingerprint density at radius 2 is 2.00 bits per heavy atom. The number of hydrogen-bond donors (Lipinski definition) is 2. The van der Waals surface area contributed by atoms with Crippen LogP contribution < -0.4 is 15.8 Å². The molecule has 3 nitrogen and oxygen atoms in total. The van der Waals surface area contributed by atoms with Crippen molar-refractivity contribution >= 4 is 17.1 Å². The first kappa shape index (κ1) is 12.3. The average Bonchev–Trinajstić information content (AvgIpc) is 2.41. The Kier molecular flexibility index (Phi) is 3.72. The molecular formula is C15H18N2O. The first-order chi connectivity index (χ1) is 8.72. The van der Waals surface area contributed by atoms with Gasteiger partial charge < -0.3 is 15.8 Å². The summed E-state index contributed by atoms with van der Waals surface area (Å²) < 4.78 is 5.13. The van der Waals surface area contributed by atoms with Crippen molar-refractivity contribution in [3.05, 3.63) is 48.0 Å². The van der Waals surface area contributed by atoms with Crippen LogP contribution in [0.5, 0.6) is 5.75 Å². The first-order valence-corrected chi connectivity index (χ1v) is 6.02. The van der Waals surface area contributed by atoms with Gasteiger partial charge in [0.05, 0.1) is 18.5 Å². The van der Waals surface area contributed by atoms with Crippen LogP contribution >= 0.6 is 0 Å². The van der Waals surface area contributed by atoms with Gasteiger partial charge in [0.2, 0.25) is 0 Å². The van der Waals surface area contributed by atoms with Gasteiger partial charge in [-0.2, -0.15) is 0 Å². The summed E-state index contributed by atoms with van der Waals surface area (Å²) in [5.74, 6) is 0.764. The van der Waals surface area contributed by atoms with Crippen LogP contribution in [0.2, 0.25) is 0 Å². The van der Waals surface area contributed by atoms with E-state index >= 15 is 0 Å². The second-order valence-electron chi connectivity index (χ2n) is 4.13. The molecule has 0 aliphatic heterocycles. The number of rotatable bonds is 4. The fraction of sp³-hybridized carbons (Fsp3) is 0.200. The van der Waals surface area contributed by atoms with Crippen LogP contribution in [0.1, 0.15) is 12.5 Å². The highest BCUT2D eigenvalue weighted by molar-refractivity contribution is 5.74. The van der Waals surface area contributed by atoms with Crippen LogP contribution in [0.25, 0.3) is 0 Å². The van der Waals surface area contributed by atoms with E-state index < -0.39 is 0 Å². The number of hydrogen-bond acceptors (Lipinski definition) is 3. The van der Waals surface area contributed by atoms with Gasteiger partial charge in [0, 0.05) is 11.8 Å². The number of ether oxygens (including phenoxy) is 1. The second-order valence-corrected chi connectivity index (χ2v) is 4.13. The summed E-state index contributed by atoms with van der Waals surface area (Å²) in [5.41, 5.74) is 9.89. The van der Waals surface area contributed by atoms with Crippen molar-refractivity contribution in [2.75, 3.05) is 18.2 Å². The molecule has 0 heterocycles. The van der Waals surface area contributed by atoms with Gasteiger partial charge in [0.25, 0.3) is 0 Å². The molecule has 0 unspecified atom stereocenters. The lowest BCUT2D eigenvalue weighted by Gasteiger charge is -2.11. The predicted molar refractivity (Wildman–Crippen MR) is 76.5 cm³/mol. The van der Waals surface area contributed by atoms with Gasteiger partial charge in [-0.15, -0.1) is 0 Å². The quantitative estimate of drug-likeness (QED) is 0.805. The molecule has 0 aliphatic rings. The summed E-state index contributed by atoms with van der Waals surface area (Å²) >= 11 is 0. The van der Waals surface area contributed by atoms with Crippen LogP contribution in [0.3, 0.4) is 0 Å². The Bertz CT molecular complexity index is 538. The zero-order valence-electron chi connectivity index (χ0n) is 10.7. The highest BCUT2D eigenvalue weighted by atomic mass is 16.5. The molecule has 0 saturated heterocycles. The number of nitrogen functional groups attached to an aromatic ring is 1. The van der Waals surface area contributed by atoms with Crippen molar-refractivity contribution in [2.45, 2.75) is 13.3 Å². The molecule has 2 rings (SSSR count). The molecule has 0 saturated carbocycles. The van der Waals surface area contributed by atoms with E-state index in [0.29, 0.717) is 5.69 Å². The molecule has 0 bridgehead atoms. The largest absolute Gasteiger partial charge is 0.497 e. The van der Waals surface area contributed by atoms with E-state index in [1.54, 1.807) is 7.11 Å². The molecule has 0 aromatic heterocycles. The lowest BCUT2D eigenvalue weighted by atomic mass is 10.1. The Balaban J connectivity index is 2.22. The molecule has 0 radical (unpaired) electrons. The summed E-state index contributed by atoms with van der Waals surface area (Å²) in [4.78, 5) is 0. The van der Waals surface area contributed by atoms with Crippen molar-refractivity contribution in [3.63, 3.8) is 0 Å². The van der Waals surface area contributed by atoms with Gasteiger partial charge in [-0.1, -0.05) is 19.1 Å². The normalized spacial score (nSPS) is 10.1. The van der Waals surface area contributed by atoms with E-state index in [1.165, 1.54) is 5.56 Å². The smallest absolute Gasteiger partial charge is 0.121 e. The third-order valence-electron chi connectivity index (χ3n) is 2.87. The topological polar surface area (TPSA) is 47.3 Å². The van der Waals surface area contributed by atoms with Gasteiger partial charge in [-0.3, -0.25) is 0 Å². The van der Waals surface area contributed by atoms with Crippen LogP contribution in [0.4, 0.5) is 17.1 Å². The summed E-state index contributed by atoms with van der Waals surface area (Å²) in [6, 6.07) is 13.9. The monoisotopic (exact) mass is 242 g/mol. The molecule has 3 N–H and O–H groups in total. The molecule has 94 valence electrons. The van der Waals surface area contributed by atoms with Crippen molar-refractivity contribution < 1.29 is 4.74 Å². The molecule has 0 fully saturated rings. The molecule has 0 atom stereocenters. The third-order valence-corrected chi connectivity index (χ3v) is 2.87. The first-order valence-electron chi connectivity index (χ1n) is 6.02. The van der Waals surface area contributed by atoms with Crippen molar-refractivity contribution in [2.24, 2.45) is 0 Å². The number of nitrogens with two attached hydrogens (primary N) is 1. The van der Waals surface area contributed by atoms with E-state index in [2.05, 4.69) is 24.4 Å². The van der Waals surface area contributed by atoms with E-state index in [-0.39, 0.29) is 0 Å². The molecule has 3 heteroatoms. The number of nitrogens with one attached hydrogen (secondary N) is 1. The average molecular weight is 242 g/mol. The number of benzene rings is 2. The summed E-state index contributed by atoms with van der Waals surface area (Å²) in [6.45, 7) is 2.14. The maximum absolute atomic E-state index is 5.97. The Labute approximate surface area is 108 Å². The van der Waals surface area contributed by atoms with Crippen LogP contribution in [0, 0.1) is 0 Å². The maximum atomic E-state index is 5.97. The number of aryl methyl sites for hydroxylation is 1. The molecule has 0 aliphatic carbocycles. The molecule has 0 amide bonds. The summed E-state index contributed by atoms with van der Waals surface area (Å²) in [7, 11) is 1.63. The molecule has 2 aromatic carbocycles. The molecule has 2 aromatic rings. The molecule has 0 spiro atoms. The lowest BCUT2D eigenvalue weighted by Crippen LogP contribution is -1.97. The number of methoxy groups -OCH3 is 1. The van der Waals surface area contributed by atoms with E-state index in [1.807, 2.05) is 30.3 Å². The van der Waals surface area contributed by atoms with Crippen LogP contribution in [-0.2, 0) is 6.42 Å². The van der Waals surface area contributed by atoms with E-state index in [4.69, 9.17) is 10.5 Å². The van der Waals surface area contributed by atoms with Crippen molar-refractivity contribution in [1.29, 1.82) is 0 Å². The van der Waals surface area contributed by atoms with E-state index in [9.17, 15) is 0 Å². The van der Waals surface area contributed by atoms with Gasteiger partial charge in [-0.05, 0) is 36.2 Å². The fourth-order valence-corrected chi connectivity index (χ4v) is 1.81. The Morgan fingerprint density at radius 1 is 1.17 bits per heavy atom. The lowest BCUT2D eigenvalue weighted by molar-refractivity contribution is 0.415. The van der Waals surface area contributed by atoms with Gasteiger partial charge in [0.15, 0.2) is 0 Å². The third kappa shape index (κ3) is 2.74. The number of anilines is 3.